The molecule has 17 heavy (non-hydrogen) atoms. The number of aromatic nitrogens is 1. The summed E-state index contributed by atoms with van der Waals surface area (Å²) in [7, 11) is 0. The molecule has 1 aromatic carbocycles. The molecule has 0 saturated carbocycles. The van der Waals surface area contributed by atoms with Gasteiger partial charge in [0.05, 0.1) is 34.5 Å². The standard InChI is InChI=1S/C13H11Cl2NO/c1-7-2-3-9(14)11-12(15)8-6-17-5-4-10(8)16-13(7)11/h2-3H,4-6H2,1H3. The molecule has 0 radical (unpaired) electrons. The van der Waals surface area contributed by atoms with Gasteiger partial charge in [0.2, 0.25) is 0 Å². The van der Waals surface area contributed by atoms with Crippen molar-refractivity contribution in [3.8, 4) is 0 Å². The molecule has 1 aliphatic heterocycles. The first-order valence-corrected chi connectivity index (χ1v) is 6.28. The summed E-state index contributed by atoms with van der Waals surface area (Å²) < 4.78 is 5.43. The SMILES string of the molecule is Cc1ccc(Cl)c2c(Cl)c3c(nc12)CCOC3. The van der Waals surface area contributed by atoms with Crippen LogP contribution in [0.3, 0.4) is 0 Å². The maximum Gasteiger partial charge on any atom is 0.0764 e. The van der Waals surface area contributed by atoms with Gasteiger partial charge in [0, 0.05) is 17.4 Å². The molecule has 2 nitrogen and oxygen atoms in total. The molecule has 0 bridgehead atoms. The number of nitrogens with zero attached hydrogens (tertiary/aromatic N) is 1. The third kappa shape index (κ3) is 1.71. The number of halogens is 2. The quantitative estimate of drug-likeness (QED) is 0.722. The van der Waals surface area contributed by atoms with Gasteiger partial charge in [-0.15, -0.1) is 0 Å². The lowest BCUT2D eigenvalue weighted by atomic mass is 10.0. The molecular formula is C13H11Cl2NO. The molecule has 0 N–H and O–H groups in total. The fraction of sp³-hybridized carbons (Fsp3) is 0.308. The summed E-state index contributed by atoms with van der Waals surface area (Å²) in [5.74, 6) is 0. The van der Waals surface area contributed by atoms with Gasteiger partial charge in [0.25, 0.3) is 0 Å². The normalized spacial score (nSPS) is 15.0. The average Bonchev–Trinajstić information content (AvgIpc) is 2.34. The molecule has 0 unspecified atom stereocenters. The Kier molecular flexibility index (Phi) is 2.74. The maximum atomic E-state index is 6.43. The molecule has 0 saturated heterocycles. The minimum Gasteiger partial charge on any atom is -0.376 e. The van der Waals surface area contributed by atoms with Crippen molar-refractivity contribution in [1.29, 1.82) is 0 Å². The van der Waals surface area contributed by atoms with E-state index in [4.69, 9.17) is 27.9 Å². The summed E-state index contributed by atoms with van der Waals surface area (Å²) in [6.07, 6.45) is 0.816. The van der Waals surface area contributed by atoms with E-state index < -0.39 is 0 Å². The van der Waals surface area contributed by atoms with Crippen molar-refractivity contribution in [2.75, 3.05) is 6.61 Å². The number of ether oxygens (including phenoxy) is 1. The van der Waals surface area contributed by atoms with Crippen molar-refractivity contribution in [3.05, 3.63) is 39.0 Å². The Morgan fingerprint density at radius 3 is 2.94 bits per heavy atom. The van der Waals surface area contributed by atoms with E-state index in [1.165, 1.54) is 0 Å². The van der Waals surface area contributed by atoms with E-state index in [1.54, 1.807) is 0 Å². The van der Waals surface area contributed by atoms with Gasteiger partial charge in [-0.3, -0.25) is 4.98 Å². The summed E-state index contributed by atoms with van der Waals surface area (Å²) in [6.45, 7) is 3.26. The van der Waals surface area contributed by atoms with Gasteiger partial charge in [-0.25, -0.2) is 0 Å². The number of benzene rings is 1. The van der Waals surface area contributed by atoms with Crippen LogP contribution in [-0.4, -0.2) is 11.6 Å². The van der Waals surface area contributed by atoms with E-state index in [0.717, 1.165) is 34.1 Å². The lowest BCUT2D eigenvalue weighted by Crippen LogP contribution is -2.13. The van der Waals surface area contributed by atoms with E-state index in [9.17, 15) is 0 Å². The Bertz CT molecular complexity index is 610. The van der Waals surface area contributed by atoms with Gasteiger partial charge >= 0.3 is 0 Å². The van der Waals surface area contributed by atoms with Crippen LogP contribution in [0.1, 0.15) is 16.8 Å². The predicted octanol–water partition coefficient (Wildman–Crippen LogP) is 3.92. The second kappa shape index (κ2) is 4.13. The smallest absolute Gasteiger partial charge is 0.0764 e. The molecule has 3 rings (SSSR count). The average molecular weight is 268 g/mol. The Labute approximate surface area is 110 Å². The number of pyridine rings is 1. The minimum absolute atomic E-state index is 0.529. The fourth-order valence-electron chi connectivity index (χ4n) is 2.20. The van der Waals surface area contributed by atoms with Crippen LogP contribution in [0, 0.1) is 6.92 Å². The molecule has 88 valence electrons. The van der Waals surface area contributed by atoms with E-state index in [2.05, 4.69) is 4.98 Å². The van der Waals surface area contributed by atoms with E-state index in [0.29, 0.717) is 23.3 Å². The fourth-order valence-corrected chi connectivity index (χ4v) is 2.85. The number of fused-ring (bicyclic) bond motifs is 2. The highest BCUT2D eigenvalue weighted by Crippen LogP contribution is 2.36. The molecule has 4 heteroatoms. The van der Waals surface area contributed by atoms with Gasteiger partial charge in [0.15, 0.2) is 0 Å². The summed E-state index contributed by atoms with van der Waals surface area (Å²) in [6, 6.07) is 3.84. The molecular weight excluding hydrogens is 257 g/mol. The third-order valence-electron chi connectivity index (χ3n) is 3.14. The topological polar surface area (TPSA) is 22.1 Å². The Hall–Kier alpha value is -0.830. The second-order valence-corrected chi connectivity index (χ2v) is 5.03. The summed E-state index contributed by atoms with van der Waals surface area (Å²) in [5, 5.41) is 2.19. The van der Waals surface area contributed by atoms with Gasteiger partial charge < -0.3 is 4.74 Å². The molecule has 0 spiro atoms. The Morgan fingerprint density at radius 2 is 2.12 bits per heavy atom. The first kappa shape index (κ1) is 11.3. The highest BCUT2D eigenvalue weighted by molar-refractivity contribution is 6.42. The summed E-state index contributed by atoms with van der Waals surface area (Å²) in [5.41, 5.74) is 4.03. The van der Waals surface area contributed by atoms with Crippen molar-refractivity contribution in [2.45, 2.75) is 20.0 Å². The zero-order valence-electron chi connectivity index (χ0n) is 9.39. The molecule has 0 fully saturated rings. The number of hydrogen-bond acceptors (Lipinski definition) is 2. The van der Waals surface area contributed by atoms with Crippen LogP contribution in [0.4, 0.5) is 0 Å². The van der Waals surface area contributed by atoms with Crippen LogP contribution in [0.2, 0.25) is 10.0 Å². The summed E-state index contributed by atoms with van der Waals surface area (Å²) in [4.78, 5) is 4.69. The van der Waals surface area contributed by atoms with E-state index >= 15 is 0 Å². The van der Waals surface area contributed by atoms with Gasteiger partial charge in [-0.05, 0) is 18.6 Å². The lowest BCUT2D eigenvalue weighted by Gasteiger charge is -2.19. The van der Waals surface area contributed by atoms with Crippen LogP contribution in [0.15, 0.2) is 12.1 Å². The number of aryl methyl sites for hydroxylation is 1. The molecule has 0 amide bonds. The van der Waals surface area contributed by atoms with Crippen LogP contribution >= 0.6 is 23.2 Å². The molecule has 0 atom stereocenters. The monoisotopic (exact) mass is 267 g/mol. The second-order valence-electron chi connectivity index (χ2n) is 4.24. The Morgan fingerprint density at radius 1 is 1.29 bits per heavy atom. The molecule has 1 aromatic heterocycles. The number of hydrogen-bond donors (Lipinski definition) is 0. The van der Waals surface area contributed by atoms with Crippen molar-refractivity contribution in [2.24, 2.45) is 0 Å². The van der Waals surface area contributed by atoms with Gasteiger partial charge in [-0.2, -0.15) is 0 Å². The van der Waals surface area contributed by atoms with Crippen LogP contribution < -0.4 is 0 Å². The lowest BCUT2D eigenvalue weighted by molar-refractivity contribution is 0.109. The van der Waals surface area contributed by atoms with E-state index in [1.807, 2.05) is 19.1 Å². The van der Waals surface area contributed by atoms with Crippen molar-refractivity contribution >= 4 is 34.1 Å². The molecule has 0 aliphatic carbocycles. The van der Waals surface area contributed by atoms with Crippen molar-refractivity contribution < 1.29 is 4.74 Å². The third-order valence-corrected chi connectivity index (χ3v) is 3.87. The highest BCUT2D eigenvalue weighted by Gasteiger charge is 2.19. The number of rotatable bonds is 0. The van der Waals surface area contributed by atoms with E-state index in [-0.39, 0.29) is 0 Å². The van der Waals surface area contributed by atoms with Gasteiger partial charge in [-0.1, -0.05) is 29.3 Å². The largest absolute Gasteiger partial charge is 0.376 e. The predicted molar refractivity (Wildman–Crippen MR) is 69.9 cm³/mol. The highest BCUT2D eigenvalue weighted by atomic mass is 35.5. The van der Waals surface area contributed by atoms with Crippen LogP contribution in [0.25, 0.3) is 10.9 Å². The van der Waals surface area contributed by atoms with Crippen LogP contribution in [-0.2, 0) is 17.8 Å². The van der Waals surface area contributed by atoms with Crippen LogP contribution in [0.5, 0.6) is 0 Å². The maximum absolute atomic E-state index is 6.43. The molecule has 2 aromatic rings. The zero-order chi connectivity index (χ0) is 12.0. The first-order chi connectivity index (χ1) is 8.18. The molecule has 1 aliphatic rings. The van der Waals surface area contributed by atoms with Crippen molar-refractivity contribution in [1.82, 2.24) is 4.98 Å². The summed E-state index contributed by atoms with van der Waals surface area (Å²) >= 11 is 12.6. The minimum atomic E-state index is 0.529. The first-order valence-electron chi connectivity index (χ1n) is 5.52. The Balaban J connectivity index is 2.44. The van der Waals surface area contributed by atoms with Gasteiger partial charge in [0.1, 0.15) is 0 Å². The van der Waals surface area contributed by atoms with Crippen molar-refractivity contribution in [3.63, 3.8) is 0 Å². The zero-order valence-corrected chi connectivity index (χ0v) is 10.9. The molecule has 2 heterocycles.